The molecule has 0 amide bonds. The number of aliphatic hydroxyl groups excluding tert-OH is 2. The summed E-state index contributed by atoms with van der Waals surface area (Å²) in [6.45, 7) is 1.57. The Kier molecular flexibility index (Phi) is 5.03. The van der Waals surface area contributed by atoms with Crippen LogP contribution >= 0.6 is 0 Å². The number of rotatable bonds is 4. The molecule has 0 saturated carbocycles. The number of hydrogen-bond donors (Lipinski definition) is 3. The number of aryl methyl sites for hydroxylation is 1. The van der Waals surface area contributed by atoms with E-state index in [1.807, 2.05) is 13.0 Å². The number of anilines is 1. The molecule has 0 bridgehead atoms. The second-order valence-corrected chi connectivity index (χ2v) is 6.06. The average molecular weight is 361 g/mol. The molecule has 1 aliphatic rings. The van der Waals surface area contributed by atoms with Crippen molar-refractivity contribution in [2.45, 2.75) is 31.5 Å². The Morgan fingerprint density at radius 2 is 2.12 bits per heavy atom. The van der Waals surface area contributed by atoms with E-state index in [1.165, 1.54) is 12.3 Å². The van der Waals surface area contributed by atoms with E-state index < -0.39 is 36.2 Å². The van der Waals surface area contributed by atoms with E-state index in [-0.39, 0.29) is 12.4 Å². The van der Waals surface area contributed by atoms with E-state index in [0.29, 0.717) is 5.56 Å². The van der Waals surface area contributed by atoms with Gasteiger partial charge in [0.25, 0.3) is 0 Å². The van der Waals surface area contributed by atoms with Gasteiger partial charge in [-0.3, -0.25) is 4.57 Å². The SMILES string of the molecule is Cc1cccc(C(=O)OC[C@H]2O[C@@H](n3ccc(N)nc3=O)[C@H](O)[C@@H]2O)c1. The molecule has 2 aromatic rings. The van der Waals surface area contributed by atoms with Crippen molar-refractivity contribution in [2.75, 3.05) is 12.3 Å². The van der Waals surface area contributed by atoms with Crippen LogP contribution in [0, 0.1) is 6.92 Å². The first kappa shape index (κ1) is 18.1. The van der Waals surface area contributed by atoms with Gasteiger partial charge in [0.1, 0.15) is 30.7 Å². The van der Waals surface area contributed by atoms with Gasteiger partial charge < -0.3 is 25.4 Å². The third-order valence-corrected chi connectivity index (χ3v) is 4.10. The van der Waals surface area contributed by atoms with Gasteiger partial charge in [-0.2, -0.15) is 4.98 Å². The molecule has 4 N–H and O–H groups in total. The van der Waals surface area contributed by atoms with Crippen molar-refractivity contribution in [1.82, 2.24) is 9.55 Å². The van der Waals surface area contributed by atoms with Gasteiger partial charge >= 0.3 is 11.7 Å². The van der Waals surface area contributed by atoms with Crippen molar-refractivity contribution in [3.63, 3.8) is 0 Å². The van der Waals surface area contributed by atoms with Crippen LogP contribution in [0.1, 0.15) is 22.1 Å². The van der Waals surface area contributed by atoms with Crippen LogP contribution in [0.5, 0.6) is 0 Å². The number of ether oxygens (including phenoxy) is 2. The number of aromatic nitrogens is 2. The topological polar surface area (TPSA) is 137 Å². The lowest BCUT2D eigenvalue weighted by atomic mass is 10.1. The largest absolute Gasteiger partial charge is 0.459 e. The van der Waals surface area contributed by atoms with Crippen molar-refractivity contribution >= 4 is 11.8 Å². The van der Waals surface area contributed by atoms with Crippen LogP contribution in [0.3, 0.4) is 0 Å². The predicted octanol–water partition coefficient (Wildman–Crippen LogP) is -0.390. The molecule has 138 valence electrons. The molecule has 2 heterocycles. The number of aliphatic hydroxyl groups is 2. The van der Waals surface area contributed by atoms with Crippen molar-refractivity contribution in [2.24, 2.45) is 0 Å². The third kappa shape index (κ3) is 3.59. The van der Waals surface area contributed by atoms with E-state index >= 15 is 0 Å². The molecule has 4 atom stereocenters. The number of nitrogen functional groups attached to an aromatic ring is 1. The number of carbonyl (C=O) groups excluding carboxylic acids is 1. The lowest BCUT2D eigenvalue weighted by molar-refractivity contribution is -0.0598. The lowest BCUT2D eigenvalue weighted by Gasteiger charge is -2.16. The van der Waals surface area contributed by atoms with Gasteiger partial charge in [0.05, 0.1) is 5.56 Å². The van der Waals surface area contributed by atoms with Crippen LogP contribution in [0.15, 0.2) is 41.3 Å². The third-order valence-electron chi connectivity index (χ3n) is 4.10. The number of nitrogens with zero attached hydrogens (tertiary/aromatic N) is 2. The first-order valence-electron chi connectivity index (χ1n) is 7.97. The first-order chi connectivity index (χ1) is 12.4. The van der Waals surface area contributed by atoms with Crippen LogP contribution in [-0.2, 0) is 9.47 Å². The molecule has 1 aromatic heterocycles. The van der Waals surface area contributed by atoms with E-state index in [2.05, 4.69) is 4.98 Å². The molecule has 1 aliphatic heterocycles. The summed E-state index contributed by atoms with van der Waals surface area (Å²) in [7, 11) is 0. The monoisotopic (exact) mass is 361 g/mol. The summed E-state index contributed by atoms with van der Waals surface area (Å²) in [6.07, 6.45) is -3.57. The fourth-order valence-electron chi connectivity index (χ4n) is 2.73. The van der Waals surface area contributed by atoms with Crippen molar-refractivity contribution in [3.8, 4) is 0 Å². The molecule has 0 unspecified atom stereocenters. The molecule has 3 rings (SSSR count). The molecule has 1 aromatic carbocycles. The summed E-state index contributed by atoms with van der Waals surface area (Å²) >= 11 is 0. The Morgan fingerprint density at radius 3 is 2.81 bits per heavy atom. The van der Waals surface area contributed by atoms with Crippen molar-refractivity contribution < 1.29 is 24.5 Å². The summed E-state index contributed by atoms with van der Waals surface area (Å²) in [5, 5.41) is 20.3. The highest BCUT2D eigenvalue weighted by atomic mass is 16.6. The molecule has 26 heavy (non-hydrogen) atoms. The van der Waals surface area contributed by atoms with Crippen molar-refractivity contribution in [1.29, 1.82) is 0 Å². The number of esters is 1. The number of carbonyl (C=O) groups is 1. The van der Waals surface area contributed by atoms with Gasteiger partial charge in [-0.05, 0) is 25.1 Å². The molecular weight excluding hydrogens is 342 g/mol. The molecular formula is C17H19N3O6. The smallest absolute Gasteiger partial charge is 0.351 e. The summed E-state index contributed by atoms with van der Waals surface area (Å²) in [6, 6.07) is 8.23. The lowest BCUT2D eigenvalue weighted by Crippen LogP contribution is -2.36. The molecule has 0 radical (unpaired) electrons. The van der Waals surface area contributed by atoms with Gasteiger partial charge in [0.15, 0.2) is 6.23 Å². The highest BCUT2D eigenvalue weighted by Crippen LogP contribution is 2.28. The van der Waals surface area contributed by atoms with Crippen LogP contribution < -0.4 is 11.4 Å². The average Bonchev–Trinajstić information content (AvgIpc) is 2.88. The Hall–Kier alpha value is -2.75. The maximum Gasteiger partial charge on any atom is 0.351 e. The van der Waals surface area contributed by atoms with Crippen molar-refractivity contribution in [3.05, 3.63) is 58.1 Å². The zero-order chi connectivity index (χ0) is 18.8. The zero-order valence-electron chi connectivity index (χ0n) is 14.0. The van der Waals surface area contributed by atoms with E-state index in [1.54, 1.807) is 18.2 Å². The Labute approximate surface area is 148 Å². The Bertz CT molecular complexity index is 868. The fraction of sp³-hybridized carbons (Fsp3) is 0.353. The van der Waals surface area contributed by atoms with Gasteiger partial charge in [0, 0.05) is 6.20 Å². The van der Waals surface area contributed by atoms with E-state index in [9.17, 15) is 19.8 Å². The summed E-state index contributed by atoms with van der Waals surface area (Å²) in [5.41, 5.74) is 5.98. The normalized spacial score (nSPS) is 25.2. The fourth-order valence-corrected chi connectivity index (χ4v) is 2.73. The minimum atomic E-state index is -1.39. The maximum atomic E-state index is 12.1. The first-order valence-corrected chi connectivity index (χ1v) is 7.97. The van der Waals surface area contributed by atoms with Gasteiger partial charge in [-0.25, -0.2) is 9.59 Å². The molecule has 1 saturated heterocycles. The second-order valence-electron chi connectivity index (χ2n) is 6.06. The molecule has 9 nitrogen and oxygen atoms in total. The summed E-state index contributed by atoms with van der Waals surface area (Å²) in [5.74, 6) is -0.545. The van der Waals surface area contributed by atoms with Gasteiger partial charge in [-0.1, -0.05) is 17.7 Å². The summed E-state index contributed by atoms with van der Waals surface area (Å²) < 4.78 is 11.7. The van der Waals surface area contributed by atoms with Crippen LogP contribution in [0.25, 0.3) is 0 Å². The highest BCUT2D eigenvalue weighted by molar-refractivity contribution is 5.89. The predicted molar refractivity (Wildman–Crippen MR) is 90.3 cm³/mol. The quantitative estimate of drug-likeness (QED) is 0.626. The maximum absolute atomic E-state index is 12.1. The highest BCUT2D eigenvalue weighted by Gasteiger charge is 2.44. The second kappa shape index (κ2) is 7.24. The number of benzene rings is 1. The zero-order valence-corrected chi connectivity index (χ0v) is 14.0. The molecule has 0 spiro atoms. The number of nitrogens with two attached hydrogens (primary N) is 1. The van der Waals surface area contributed by atoms with Gasteiger partial charge in [-0.15, -0.1) is 0 Å². The minimum Gasteiger partial charge on any atom is -0.459 e. The van der Waals surface area contributed by atoms with E-state index in [0.717, 1.165) is 10.1 Å². The van der Waals surface area contributed by atoms with Crippen LogP contribution in [-0.4, -0.2) is 50.7 Å². The van der Waals surface area contributed by atoms with Crippen LogP contribution in [0.2, 0.25) is 0 Å². The Morgan fingerprint density at radius 1 is 1.35 bits per heavy atom. The molecule has 9 heteroatoms. The standard InChI is InChI=1S/C17H19N3O6/c1-9-3-2-4-10(7-9)16(23)25-8-11-13(21)14(22)15(26-11)20-6-5-12(18)19-17(20)24/h2-7,11,13-15,21-22H,8H2,1H3,(H2,18,19,24)/t11-,13-,14-,15-/m1/s1. The van der Waals surface area contributed by atoms with E-state index in [4.69, 9.17) is 15.2 Å². The molecule has 1 fully saturated rings. The van der Waals surface area contributed by atoms with Gasteiger partial charge in [0.2, 0.25) is 0 Å². The Balaban J connectivity index is 1.68. The number of hydrogen-bond acceptors (Lipinski definition) is 8. The minimum absolute atomic E-state index is 0.0305. The summed E-state index contributed by atoms with van der Waals surface area (Å²) in [4.78, 5) is 27.5. The molecule has 0 aliphatic carbocycles. The van der Waals surface area contributed by atoms with Crippen LogP contribution in [0.4, 0.5) is 5.82 Å².